The predicted molar refractivity (Wildman–Crippen MR) is 152 cm³/mol. The van der Waals surface area contributed by atoms with Crippen molar-refractivity contribution in [2.24, 2.45) is 0 Å². The standard InChI is InChI=1S/C30H33ClN4O2/c1-4-21-18-32-27-10-7-22(23-16-26(31)30(36)28(17-23)37-3)15-25(27)29(21)33-24-8-5-20(6-9-24)19-35-13-11-34(2)12-14-35/h5-10,15-18,36H,4,11-14,19H2,1-3H3,(H,32,33). The second-order valence-electron chi connectivity index (χ2n) is 9.65. The molecule has 192 valence electrons. The van der Waals surface area contributed by atoms with E-state index >= 15 is 0 Å². The van der Waals surface area contributed by atoms with E-state index < -0.39 is 0 Å². The zero-order valence-electron chi connectivity index (χ0n) is 21.6. The first kappa shape index (κ1) is 25.3. The molecular weight excluding hydrogens is 484 g/mol. The number of methoxy groups -OCH3 is 1. The molecule has 0 spiro atoms. The Bertz CT molecular complexity index is 1400. The molecule has 0 amide bonds. The maximum Gasteiger partial charge on any atom is 0.176 e. The predicted octanol–water partition coefficient (Wildman–Crippen LogP) is 6.32. The molecule has 3 aromatic carbocycles. The Kier molecular flexibility index (Phi) is 7.51. The van der Waals surface area contributed by atoms with Crippen LogP contribution in [0, 0.1) is 0 Å². The molecule has 6 nitrogen and oxygen atoms in total. The number of anilines is 2. The van der Waals surface area contributed by atoms with Gasteiger partial charge in [-0.3, -0.25) is 9.88 Å². The van der Waals surface area contributed by atoms with Gasteiger partial charge < -0.3 is 20.1 Å². The highest BCUT2D eigenvalue weighted by Crippen LogP contribution is 2.40. The summed E-state index contributed by atoms with van der Waals surface area (Å²) in [4.78, 5) is 9.59. The van der Waals surface area contributed by atoms with Gasteiger partial charge in [-0.05, 0) is 72.1 Å². The highest BCUT2D eigenvalue weighted by atomic mass is 35.5. The summed E-state index contributed by atoms with van der Waals surface area (Å²) in [6, 6.07) is 18.4. The van der Waals surface area contributed by atoms with Crippen LogP contribution < -0.4 is 10.1 Å². The van der Waals surface area contributed by atoms with Crippen molar-refractivity contribution < 1.29 is 9.84 Å². The van der Waals surface area contributed by atoms with Gasteiger partial charge in [0.05, 0.1) is 23.3 Å². The molecule has 1 aromatic heterocycles. The molecule has 1 saturated heterocycles. The Balaban J connectivity index is 1.45. The monoisotopic (exact) mass is 516 g/mol. The quantitative estimate of drug-likeness (QED) is 0.299. The third kappa shape index (κ3) is 5.52. The molecule has 5 rings (SSSR count). The van der Waals surface area contributed by atoms with Crippen molar-refractivity contribution in [3.63, 3.8) is 0 Å². The molecule has 1 fully saturated rings. The van der Waals surface area contributed by atoms with Crippen LogP contribution in [0.15, 0.2) is 60.8 Å². The fourth-order valence-electron chi connectivity index (χ4n) is 4.83. The van der Waals surface area contributed by atoms with Crippen molar-refractivity contribution in [3.05, 3.63) is 76.9 Å². The van der Waals surface area contributed by atoms with Gasteiger partial charge in [0.25, 0.3) is 0 Å². The SMILES string of the molecule is CCc1cnc2ccc(-c3cc(Cl)c(O)c(OC)c3)cc2c1Nc1ccc(CN2CCN(C)CC2)cc1. The molecule has 37 heavy (non-hydrogen) atoms. The smallest absolute Gasteiger partial charge is 0.176 e. The first-order valence-corrected chi connectivity index (χ1v) is 13.1. The third-order valence-corrected chi connectivity index (χ3v) is 7.42. The minimum Gasteiger partial charge on any atom is -0.503 e. The Morgan fingerprint density at radius 2 is 1.76 bits per heavy atom. The normalized spacial score (nSPS) is 14.7. The maximum atomic E-state index is 10.2. The van der Waals surface area contributed by atoms with Crippen LogP contribution in [0.1, 0.15) is 18.1 Å². The highest BCUT2D eigenvalue weighted by molar-refractivity contribution is 6.32. The molecule has 1 aliphatic heterocycles. The topological polar surface area (TPSA) is 60.9 Å². The lowest BCUT2D eigenvalue weighted by Gasteiger charge is -2.32. The van der Waals surface area contributed by atoms with Crippen LogP contribution in [0.2, 0.25) is 5.02 Å². The summed E-state index contributed by atoms with van der Waals surface area (Å²) in [5.41, 5.74) is 7.31. The number of nitrogens with zero attached hydrogens (tertiary/aromatic N) is 3. The number of phenolic OH excluding ortho intramolecular Hbond substituents is 1. The van der Waals surface area contributed by atoms with Gasteiger partial charge in [0.2, 0.25) is 0 Å². The highest BCUT2D eigenvalue weighted by Gasteiger charge is 2.15. The Hall–Kier alpha value is -3.32. The molecule has 0 saturated carbocycles. The molecule has 2 heterocycles. The average molecular weight is 517 g/mol. The van der Waals surface area contributed by atoms with Crippen LogP contribution in [-0.2, 0) is 13.0 Å². The summed E-state index contributed by atoms with van der Waals surface area (Å²) < 4.78 is 5.31. The average Bonchev–Trinajstić information content (AvgIpc) is 2.92. The Labute approximate surface area is 223 Å². The van der Waals surface area contributed by atoms with Gasteiger partial charge >= 0.3 is 0 Å². The van der Waals surface area contributed by atoms with Crippen LogP contribution in [0.3, 0.4) is 0 Å². The molecule has 0 radical (unpaired) electrons. The van der Waals surface area contributed by atoms with Crippen molar-refractivity contribution in [3.8, 4) is 22.6 Å². The Morgan fingerprint density at radius 3 is 2.46 bits per heavy atom. The van der Waals surface area contributed by atoms with Gasteiger partial charge in [0, 0.05) is 50.0 Å². The molecule has 1 aliphatic rings. The lowest BCUT2D eigenvalue weighted by molar-refractivity contribution is 0.148. The number of aromatic hydroxyl groups is 1. The van der Waals surface area contributed by atoms with Crippen molar-refractivity contribution in [1.82, 2.24) is 14.8 Å². The number of fused-ring (bicyclic) bond motifs is 1. The van der Waals surface area contributed by atoms with Crippen LogP contribution >= 0.6 is 11.6 Å². The molecule has 0 unspecified atom stereocenters. The minimum atomic E-state index is -0.0536. The van der Waals surface area contributed by atoms with E-state index in [-0.39, 0.29) is 10.8 Å². The number of halogens is 1. The minimum absolute atomic E-state index is 0.0536. The van der Waals surface area contributed by atoms with Crippen LogP contribution in [-0.4, -0.2) is 60.2 Å². The number of likely N-dealkylation sites (N-methyl/N-ethyl adjacent to an activating group) is 1. The summed E-state index contributed by atoms with van der Waals surface area (Å²) in [7, 11) is 3.70. The van der Waals surface area contributed by atoms with E-state index in [9.17, 15) is 5.11 Å². The van der Waals surface area contributed by atoms with Crippen LogP contribution in [0.25, 0.3) is 22.0 Å². The van der Waals surface area contributed by atoms with Crippen molar-refractivity contribution in [1.29, 1.82) is 0 Å². The summed E-state index contributed by atoms with van der Waals surface area (Å²) in [6.07, 6.45) is 2.81. The number of benzene rings is 3. The number of hydrogen-bond donors (Lipinski definition) is 2. The van der Waals surface area contributed by atoms with E-state index in [0.717, 1.165) is 78.1 Å². The van der Waals surface area contributed by atoms with Crippen LogP contribution in [0.5, 0.6) is 11.5 Å². The number of piperazine rings is 1. The van der Waals surface area contributed by atoms with Gasteiger partial charge in [-0.25, -0.2) is 0 Å². The fourth-order valence-corrected chi connectivity index (χ4v) is 5.04. The summed E-state index contributed by atoms with van der Waals surface area (Å²) in [5.74, 6) is 0.292. The summed E-state index contributed by atoms with van der Waals surface area (Å²) >= 11 is 6.27. The van der Waals surface area contributed by atoms with Crippen molar-refractivity contribution in [2.45, 2.75) is 19.9 Å². The second-order valence-corrected chi connectivity index (χ2v) is 10.1. The molecular formula is C30H33ClN4O2. The van der Waals surface area contributed by atoms with E-state index in [2.05, 4.69) is 59.4 Å². The third-order valence-electron chi connectivity index (χ3n) is 7.13. The lowest BCUT2D eigenvalue weighted by Crippen LogP contribution is -2.43. The summed E-state index contributed by atoms with van der Waals surface area (Å²) in [5, 5.41) is 15.1. The van der Waals surface area contributed by atoms with E-state index in [4.69, 9.17) is 21.3 Å². The number of aromatic nitrogens is 1. The largest absolute Gasteiger partial charge is 0.503 e. The van der Waals surface area contributed by atoms with Crippen molar-refractivity contribution in [2.75, 3.05) is 45.7 Å². The number of hydrogen-bond acceptors (Lipinski definition) is 6. The Morgan fingerprint density at radius 1 is 1.00 bits per heavy atom. The van der Waals surface area contributed by atoms with E-state index in [0.29, 0.717) is 5.75 Å². The number of rotatable bonds is 7. The van der Waals surface area contributed by atoms with E-state index in [1.165, 1.54) is 12.7 Å². The summed E-state index contributed by atoms with van der Waals surface area (Å²) in [6.45, 7) is 7.59. The van der Waals surface area contributed by atoms with Gasteiger partial charge in [0.15, 0.2) is 11.5 Å². The number of nitrogens with one attached hydrogen (secondary N) is 1. The maximum absolute atomic E-state index is 10.2. The fraction of sp³-hybridized carbons (Fsp3) is 0.300. The molecule has 0 aliphatic carbocycles. The zero-order chi connectivity index (χ0) is 25.9. The van der Waals surface area contributed by atoms with Crippen molar-refractivity contribution >= 4 is 33.9 Å². The van der Waals surface area contributed by atoms with Gasteiger partial charge in [-0.15, -0.1) is 0 Å². The number of phenols is 1. The lowest BCUT2D eigenvalue weighted by atomic mass is 10.00. The van der Waals surface area contributed by atoms with Crippen LogP contribution in [0.4, 0.5) is 11.4 Å². The number of pyridine rings is 1. The number of ether oxygens (including phenoxy) is 1. The molecule has 0 atom stereocenters. The number of aryl methyl sites for hydroxylation is 1. The zero-order valence-corrected chi connectivity index (χ0v) is 22.3. The van der Waals surface area contributed by atoms with E-state index in [1.807, 2.05) is 18.3 Å². The first-order chi connectivity index (χ1) is 17.9. The van der Waals surface area contributed by atoms with Gasteiger partial charge in [-0.1, -0.05) is 36.7 Å². The molecule has 0 bridgehead atoms. The molecule has 2 N–H and O–H groups in total. The first-order valence-electron chi connectivity index (χ1n) is 12.7. The molecule has 7 heteroatoms. The van der Waals surface area contributed by atoms with Gasteiger partial charge in [-0.2, -0.15) is 0 Å². The molecule has 4 aromatic rings. The van der Waals surface area contributed by atoms with E-state index in [1.54, 1.807) is 12.1 Å². The second kappa shape index (κ2) is 11.0. The van der Waals surface area contributed by atoms with Gasteiger partial charge in [0.1, 0.15) is 0 Å².